The van der Waals surface area contributed by atoms with E-state index in [9.17, 15) is 14.7 Å². The number of thiophene rings is 1. The van der Waals surface area contributed by atoms with Crippen molar-refractivity contribution in [2.24, 2.45) is 0 Å². The van der Waals surface area contributed by atoms with Crippen molar-refractivity contribution in [3.05, 3.63) is 51.9 Å². The molecule has 0 unspecified atom stereocenters. The number of nitrogens with one attached hydrogen (secondary N) is 1. The number of rotatable bonds is 5. The van der Waals surface area contributed by atoms with Gasteiger partial charge in [-0.3, -0.25) is 4.79 Å². The minimum Gasteiger partial charge on any atom is -0.497 e. The van der Waals surface area contributed by atoms with Crippen molar-refractivity contribution < 1.29 is 19.4 Å². The predicted octanol–water partition coefficient (Wildman–Crippen LogP) is 3.60. The molecule has 3 rings (SSSR count). The molecule has 1 amide bonds. The monoisotopic (exact) mass is 343 g/mol. The first-order valence-electron chi connectivity index (χ1n) is 7.59. The third-order valence-corrected chi connectivity index (χ3v) is 5.12. The number of amides is 1. The fourth-order valence-corrected chi connectivity index (χ4v) is 4.04. The maximum Gasteiger partial charge on any atom is 0.339 e. The number of aryl methyl sites for hydroxylation is 1. The number of hydrogen-bond donors (Lipinski definition) is 2. The normalized spacial score (nSPS) is 13.0. The second kappa shape index (κ2) is 6.88. The van der Waals surface area contributed by atoms with Gasteiger partial charge in [0.25, 0.3) is 0 Å². The van der Waals surface area contributed by atoms with Crippen LogP contribution < -0.4 is 10.1 Å². The molecule has 2 N–H and O–H groups in total. The number of anilines is 1. The molecule has 24 heavy (non-hydrogen) atoms. The molecule has 1 heterocycles. The van der Waals surface area contributed by atoms with Crippen molar-refractivity contribution in [1.82, 2.24) is 0 Å². The molecular weight excluding hydrogens is 326 g/mol. The average Bonchev–Trinajstić information content (AvgIpc) is 3.13. The van der Waals surface area contributed by atoms with Crippen LogP contribution in [0.25, 0.3) is 6.08 Å². The number of fused-ring (bicyclic) bond motifs is 1. The second-order valence-electron chi connectivity index (χ2n) is 5.46. The maximum atomic E-state index is 12.1. The smallest absolute Gasteiger partial charge is 0.339 e. The van der Waals surface area contributed by atoms with Gasteiger partial charge in [-0.05, 0) is 48.6 Å². The molecule has 0 bridgehead atoms. The molecule has 124 valence electrons. The minimum atomic E-state index is -0.983. The zero-order chi connectivity index (χ0) is 17.1. The van der Waals surface area contributed by atoms with Gasteiger partial charge in [0.15, 0.2) is 0 Å². The SMILES string of the molecule is COc1ccc(/C=C\C(=O)Nc2sc3c(c2C(=O)O)CCC3)cc1. The molecule has 0 radical (unpaired) electrons. The molecule has 0 atom stereocenters. The Morgan fingerprint density at radius 1 is 1.25 bits per heavy atom. The molecule has 1 aromatic carbocycles. The largest absolute Gasteiger partial charge is 0.497 e. The van der Waals surface area contributed by atoms with E-state index >= 15 is 0 Å². The lowest BCUT2D eigenvalue weighted by molar-refractivity contribution is -0.111. The number of carboxylic acid groups (broad SMARTS) is 1. The van der Waals surface area contributed by atoms with Gasteiger partial charge in [-0.15, -0.1) is 11.3 Å². The fourth-order valence-electron chi connectivity index (χ4n) is 2.76. The Morgan fingerprint density at radius 3 is 2.67 bits per heavy atom. The number of ether oxygens (including phenoxy) is 1. The van der Waals surface area contributed by atoms with Gasteiger partial charge in [0.1, 0.15) is 10.8 Å². The first-order chi connectivity index (χ1) is 11.6. The topological polar surface area (TPSA) is 75.6 Å². The van der Waals surface area contributed by atoms with E-state index in [2.05, 4.69) is 5.32 Å². The van der Waals surface area contributed by atoms with E-state index in [1.165, 1.54) is 17.4 Å². The molecule has 0 aliphatic heterocycles. The summed E-state index contributed by atoms with van der Waals surface area (Å²) in [7, 11) is 1.59. The van der Waals surface area contributed by atoms with Gasteiger partial charge in [-0.25, -0.2) is 4.79 Å². The van der Waals surface area contributed by atoms with Crippen LogP contribution in [-0.4, -0.2) is 24.1 Å². The van der Waals surface area contributed by atoms with Crippen molar-refractivity contribution in [3.8, 4) is 5.75 Å². The summed E-state index contributed by atoms with van der Waals surface area (Å²) in [5.41, 5.74) is 1.98. The number of carbonyl (C=O) groups is 2. The number of aromatic carboxylic acids is 1. The van der Waals surface area contributed by atoms with E-state index in [1.807, 2.05) is 24.3 Å². The standard InChI is InChI=1S/C18H17NO4S/c1-23-12-8-5-11(6-9-12)7-10-15(20)19-17-16(18(21)22)13-3-2-4-14(13)24-17/h5-10H,2-4H2,1H3,(H,19,20)(H,21,22)/b10-7-. The number of carboxylic acids is 1. The van der Waals surface area contributed by atoms with E-state index in [4.69, 9.17) is 4.74 Å². The van der Waals surface area contributed by atoms with Gasteiger partial charge in [0.2, 0.25) is 5.91 Å². The summed E-state index contributed by atoms with van der Waals surface area (Å²) in [6.45, 7) is 0. The summed E-state index contributed by atoms with van der Waals surface area (Å²) in [5, 5.41) is 12.5. The van der Waals surface area contributed by atoms with Crippen molar-refractivity contribution in [2.75, 3.05) is 12.4 Å². The highest BCUT2D eigenvalue weighted by Crippen LogP contribution is 2.39. The van der Waals surface area contributed by atoms with E-state index in [1.54, 1.807) is 13.2 Å². The van der Waals surface area contributed by atoms with Gasteiger partial charge in [-0.1, -0.05) is 12.1 Å². The Hall–Kier alpha value is -2.60. The molecule has 0 fully saturated rings. The fraction of sp³-hybridized carbons (Fsp3) is 0.222. The zero-order valence-electron chi connectivity index (χ0n) is 13.2. The van der Waals surface area contributed by atoms with Crippen LogP contribution in [0.3, 0.4) is 0 Å². The van der Waals surface area contributed by atoms with Gasteiger partial charge < -0.3 is 15.2 Å². The van der Waals surface area contributed by atoms with Crippen molar-refractivity contribution in [3.63, 3.8) is 0 Å². The molecule has 0 saturated carbocycles. The van der Waals surface area contributed by atoms with Crippen molar-refractivity contribution in [1.29, 1.82) is 0 Å². The van der Waals surface area contributed by atoms with Crippen LogP contribution >= 0.6 is 11.3 Å². The average molecular weight is 343 g/mol. The Balaban J connectivity index is 1.73. The quantitative estimate of drug-likeness (QED) is 0.814. The van der Waals surface area contributed by atoms with Crippen molar-refractivity contribution >= 4 is 34.3 Å². The summed E-state index contributed by atoms with van der Waals surface area (Å²) in [6, 6.07) is 7.30. The van der Waals surface area contributed by atoms with E-state index in [-0.39, 0.29) is 11.5 Å². The molecule has 0 saturated heterocycles. The van der Waals surface area contributed by atoms with Crippen LogP contribution in [0.4, 0.5) is 5.00 Å². The Labute approximate surface area is 143 Å². The number of benzene rings is 1. The Morgan fingerprint density at radius 2 is 2.00 bits per heavy atom. The van der Waals surface area contributed by atoms with Crippen LogP contribution in [0, 0.1) is 0 Å². The summed E-state index contributed by atoms with van der Waals surface area (Å²) in [6.07, 6.45) is 5.71. The van der Waals surface area contributed by atoms with Gasteiger partial charge >= 0.3 is 5.97 Å². The predicted molar refractivity (Wildman–Crippen MR) is 94.0 cm³/mol. The van der Waals surface area contributed by atoms with Gasteiger partial charge in [-0.2, -0.15) is 0 Å². The van der Waals surface area contributed by atoms with Crippen LogP contribution in [0.15, 0.2) is 30.3 Å². The number of methoxy groups -OCH3 is 1. The molecule has 2 aromatic rings. The summed E-state index contributed by atoms with van der Waals surface area (Å²) in [4.78, 5) is 24.7. The van der Waals surface area contributed by atoms with Gasteiger partial charge in [0, 0.05) is 11.0 Å². The second-order valence-corrected chi connectivity index (χ2v) is 6.57. The molecule has 1 aliphatic carbocycles. The van der Waals surface area contributed by atoms with E-state index in [0.717, 1.165) is 41.0 Å². The van der Waals surface area contributed by atoms with E-state index < -0.39 is 5.97 Å². The number of hydrogen-bond acceptors (Lipinski definition) is 4. The highest BCUT2D eigenvalue weighted by atomic mass is 32.1. The molecular formula is C18H17NO4S. The van der Waals surface area contributed by atoms with Crippen LogP contribution in [0.1, 0.15) is 32.8 Å². The summed E-state index contributed by atoms with van der Waals surface area (Å²) >= 11 is 1.37. The third kappa shape index (κ3) is 3.33. The molecule has 6 heteroatoms. The van der Waals surface area contributed by atoms with Crippen LogP contribution in [0.2, 0.25) is 0 Å². The first kappa shape index (κ1) is 16.3. The number of carbonyl (C=O) groups excluding carboxylic acids is 1. The van der Waals surface area contributed by atoms with Gasteiger partial charge in [0.05, 0.1) is 12.7 Å². The minimum absolute atomic E-state index is 0.249. The molecule has 0 spiro atoms. The van der Waals surface area contributed by atoms with Crippen LogP contribution in [0.5, 0.6) is 5.75 Å². The van der Waals surface area contributed by atoms with E-state index in [0.29, 0.717) is 5.00 Å². The maximum absolute atomic E-state index is 12.1. The first-order valence-corrected chi connectivity index (χ1v) is 8.41. The Bertz CT molecular complexity index is 805. The Kier molecular flexibility index (Phi) is 4.66. The summed E-state index contributed by atoms with van der Waals surface area (Å²) in [5.74, 6) is -0.576. The third-order valence-electron chi connectivity index (χ3n) is 3.91. The summed E-state index contributed by atoms with van der Waals surface area (Å²) < 4.78 is 5.08. The lowest BCUT2D eigenvalue weighted by atomic mass is 10.1. The molecule has 5 nitrogen and oxygen atoms in total. The lowest BCUT2D eigenvalue weighted by Crippen LogP contribution is -2.10. The van der Waals surface area contributed by atoms with Crippen molar-refractivity contribution in [2.45, 2.75) is 19.3 Å². The zero-order valence-corrected chi connectivity index (χ0v) is 14.0. The van der Waals surface area contributed by atoms with Crippen LogP contribution in [-0.2, 0) is 17.6 Å². The highest BCUT2D eigenvalue weighted by Gasteiger charge is 2.26. The highest BCUT2D eigenvalue weighted by molar-refractivity contribution is 7.17. The lowest BCUT2D eigenvalue weighted by Gasteiger charge is -2.03. The molecule has 1 aromatic heterocycles. The molecule has 1 aliphatic rings.